The Labute approximate surface area is 121 Å². The summed E-state index contributed by atoms with van der Waals surface area (Å²) in [6.07, 6.45) is 1.30. The van der Waals surface area contributed by atoms with Crippen molar-refractivity contribution in [1.29, 1.82) is 0 Å². The maximum atomic E-state index is 12.0. The minimum atomic E-state index is -1.05. The topological polar surface area (TPSA) is 100 Å². The van der Waals surface area contributed by atoms with Crippen molar-refractivity contribution in [3.8, 4) is 0 Å². The second kappa shape index (κ2) is 6.04. The maximum absolute atomic E-state index is 12.0. The van der Waals surface area contributed by atoms with Gasteiger partial charge >= 0.3 is 5.97 Å². The molecule has 2 aromatic rings. The van der Waals surface area contributed by atoms with E-state index >= 15 is 0 Å². The highest BCUT2D eigenvalue weighted by molar-refractivity contribution is 6.03. The third-order valence-corrected chi connectivity index (χ3v) is 2.70. The molecular weight excluding hydrogens is 274 g/mol. The largest absolute Gasteiger partial charge is 0.480 e. The van der Waals surface area contributed by atoms with E-state index in [1.54, 1.807) is 12.1 Å². The van der Waals surface area contributed by atoms with E-state index in [9.17, 15) is 9.59 Å². The summed E-state index contributed by atoms with van der Waals surface area (Å²) >= 11 is 0. The zero-order valence-electron chi connectivity index (χ0n) is 11.6. The molecule has 0 unspecified atom stereocenters. The Bertz CT molecular complexity index is 648. The van der Waals surface area contributed by atoms with E-state index in [4.69, 9.17) is 5.11 Å². The van der Waals surface area contributed by atoms with Crippen molar-refractivity contribution in [2.24, 2.45) is 0 Å². The van der Waals surface area contributed by atoms with Crippen LogP contribution in [0.1, 0.15) is 10.4 Å². The Morgan fingerprint density at radius 1 is 1.29 bits per heavy atom. The average molecular weight is 289 g/mol. The first-order chi connectivity index (χ1) is 9.95. The molecule has 0 saturated carbocycles. The van der Waals surface area contributed by atoms with Crippen LogP contribution in [0.15, 0.2) is 30.5 Å². The van der Waals surface area contributed by atoms with Crippen LogP contribution in [-0.4, -0.2) is 46.1 Å². The smallest absolute Gasteiger partial charge is 0.327 e. The molecule has 0 aliphatic heterocycles. The molecule has 0 aliphatic carbocycles. The Morgan fingerprint density at radius 3 is 2.52 bits per heavy atom. The number of rotatable bonds is 5. The second-order valence-electron chi connectivity index (χ2n) is 4.55. The van der Waals surface area contributed by atoms with E-state index in [2.05, 4.69) is 15.5 Å². The highest BCUT2D eigenvalue weighted by Crippen LogP contribution is 2.13. The van der Waals surface area contributed by atoms with Crippen molar-refractivity contribution in [1.82, 2.24) is 15.0 Å². The first-order valence-electron chi connectivity index (χ1n) is 6.16. The van der Waals surface area contributed by atoms with Crippen molar-refractivity contribution in [2.75, 3.05) is 24.3 Å². The fourth-order valence-corrected chi connectivity index (χ4v) is 1.65. The molecule has 1 heterocycles. The summed E-state index contributed by atoms with van der Waals surface area (Å²) in [7, 11) is 3.83. The molecule has 1 aromatic heterocycles. The third-order valence-electron chi connectivity index (χ3n) is 2.70. The molecule has 21 heavy (non-hydrogen) atoms. The van der Waals surface area contributed by atoms with Gasteiger partial charge in [-0.1, -0.05) is 0 Å². The standard InChI is InChI=1S/C13H15N5O3/c1-17(2)10-5-3-9(4-6-10)13(21)15-11-7-14-18(16-11)8-12(19)20/h3-7H,8H2,1-2H3,(H,19,20)(H,15,16,21). The summed E-state index contributed by atoms with van der Waals surface area (Å²) < 4.78 is 0. The molecule has 110 valence electrons. The Hall–Kier alpha value is -2.90. The molecule has 0 radical (unpaired) electrons. The lowest BCUT2D eigenvalue weighted by Gasteiger charge is -2.12. The van der Waals surface area contributed by atoms with Crippen LogP contribution >= 0.6 is 0 Å². The molecule has 0 saturated heterocycles. The first kappa shape index (κ1) is 14.5. The van der Waals surface area contributed by atoms with E-state index in [-0.39, 0.29) is 18.3 Å². The predicted octanol–water partition coefficient (Wildman–Crippen LogP) is 0.681. The van der Waals surface area contributed by atoms with Crippen LogP contribution in [0.5, 0.6) is 0 Å². The molecule has 1 amide bonds. The van der Waals surface area contributed by atoms with Crippen LogP contribution in [0.25, 0.3) is 0 Å². The number of benzene rings is 1. The molecule has 1 aromatic carbocycles. The molecule has 8 heteroatoms. The lowest BCUT2D eigenvalue weighted by Crippen LogP contribution is -2.15. The number of anilines is 2. The zero-order chi connectivity index (χ0) is 15.4. The van der Waals surface area contributed by atoms with Gasteiger partial charge in [-0.3, -0.25) is 9.59 Å². The van der Waals surface area contributed by atoms with Crippen LogP contribution < -0.4 is 10.2 Å². The van der Waals surface area contributed by atoms with Crippen molar-refractivity contribution in [3.05, 3.63) is 36.0 Å². The number of carbonyl (C=O) groups excluding carboxylic acids is 1. The lowest BCUT2D eigenvalue weighted by molar-refractivity contribution is -0.138. The number of nitrogens with one attached hydrogen (secondary N) is 1. The third kappa shape index (κ3) is 3.78. The van der Waals surface area contributed by atoms with E-state index in [0.717, 1.165) is 10.5 Å². The van der Waals surface area contributed by atoms with Crippen molar-refractivity contribution in [2.45, 2.75) is 6.54 Å². The highest BCUT2D eigenvalue weighted by Gasteiger charge is 2.10. The normalized spacial score (nSPS) is 10.2. The molecular formula is C13H15N5O3. The van der Waals surface area contributed by atoms with Crippen molar-refractivity contribution < 1.29 is 14.7 Å². The van der Waals surface area contributed by atoms with E-state index in [0.29, 0.717) is 5.56 Å². The van der Waals surface area contributed by atoms with Gasteiger partial charge in [0.05, 0.1) is 6.20 Å². The SMILES string of the molecule is CN(C)c1ccc(C(=O)Nc2cnn(CC(=O)O)n2)cc1. The molecule has 0 fully saturated rings. The Balaban J connectivity index is 2.03. The zero-order valence-corrected chi connectivity index (χ0v) is 11.6. The number of carboxylic acids is 1. The van der Waals surface area contributed by atoms with Gasteiger partial charge < -0.3 is 15.3 Å². The summed E-state index contributed by atoms with van der Waals surface area (Å²) in [5.41, 5.74) is 1.47. The van der Waals surface area contributed by atoms with Gasteiger partial charge in [0.25, 0.3) is 5.91 Å². The predicted molar refractivity (Wildman–Crippen MR) is 76.4 cm³/mol. The molecule has 8 nitrogen and oxygen atoms in total. The number of aromatic nitrogens is 3. The molecule has 2 rings (SSSR count). The van der Waals surface area contributed by atoms with Crippen LogP contribution in [0.4, 0.5) is 11.5 Å². The van der Waals surface area contributed by atoms with Gasteiger partial charge in [-0.15, -0.1) is 5.10 Å². The number of amides is 1. The number of hydrogen-bond acceptors (Lipinski definition) is 5. The van der Waals surface area contributed by atoms with Gasteiger partial charge in [-0.25, -0.2) is 0 Å². The van der Waals surface area contributed by atoms with E-state index < -0.39 is 5.97 Å². The lowest BCUT2D eigenvalue weighted by atomic mass is 10.2. The van der Waals surface area contributed by atoms with E-state index in [1.165, 1.54) is 6.20 Å². The van der Waals surface area contributed by atoms with Crippen LogP contribution in [0.3, 0.4) is 0 Å². The Morgan fingerprint density at radius 2 is 1.95 bits per heavy atom. The van der Waals surface area contributed by atoms with Crippen molar-refractivity contribution in [3.63, 3.8) is 0 Å². The van der Waals surface area contributed by atoms with Gasteiger partial charge in [0.1, 0.15) is 0 Å². The van der Waals surface area contributed by atoms with Gasteiger partial charge in [0.2, 0.25) is 0 Å². The summed E-state index contributed by atoms with van der Waals surface area (Å²) in [6, 6.07) is 7.06. The number of carbonyl (C=O) groups is 2. The van der Waals surface area contributed by atoms with Crippen LogP contribution in [0, 0.1) is 0 Å². The minimum absolute atomic E-state index is 0.206. The highest BCUT2D eigenvalue weighted by atomic mass is 16.4. The fraction of sp³-hybridized carbons (Fsp3) is 0.231. The summed E-state index contributed by atoms with van der Waals surface area (Å²) in [5, 5.41) is 18.8. The monoisotopic (exact) mass is 289 g/mol. The van der Waals surface area contributed by atoms with Gasteiger partial charge in [-0.2, -0.15) is 9.90 Å². The molecule has 0 bridgehead atoms. The molecule has 0 spiro atoms. The van der Waals surface area contributed by atoms with Gasteiger partial charge in [-0.05, 0) is 24.3 Å². The minimum Gasteiger partial charge on any atom is -0.480 e. The van der Waals surface area contributed by atoms with Crippen LogP contribution in [-0.2, 0) is 11.3 Å². The number of hydrogen-bond donors (Lipinski definition) is 2. The number of aliphatic carboxylic acids is 1. The van der Waals surface area contributed by atoms with E-state index in [1.807, 2.05) is 31.1 Å². The van der Waals surface area contributed by atoms with Crippen molar-refractivity contribution >= 4 is 23.4 Å². The average Bonchev–Trinajstić information content (AvgIpc) is 2.85. The molecule has 0 atom stereocenters. The molecule has 2 N–H and O–H groups in total. The second-order valence-corrected chi connectivity index (χ2v) is 4.55. The van der Waals surface area contributed by atoms with Crippen LogP contribution in [0.2, 0.25) is 0 Å². The summed E-state index contributed by atoms with van der Waals surface area (Å²) in [4.78, 5) is 25.4. The van der Waals surface area contributed by atoms with Gasteiger partial charge in [0, 0.05) is 25.3 Å². The first-order valence-corrected chi connectivity index (χ1v) is 6.16. The quantitative estimate of drug-likeness (QED) is 0.839. The summed E-state index contributed by atoms with van der Waals surface area (Å²) in [5.74, 6) is -1.18. The Kier molecular flexibility index (Phi) is 4.17. The fourth-order valence-electron chi connectivity index (χ4n) is 1.65. The summed E-state index contributed by atoms with van der Waals surface area (Å²) in [6.45, 7) is -0.354. The number of carboxylic acid groups (broad SMARTS) is 1. The molecule has 0 aliphatic rings. The van der Waals surface area contributed by atoms with Gasteiger partial charge in [0.15, 0.2) is 12.4 Å². The number of nitrogens with zero attached hydrogens (tertiary/aromatic N) is 4. The maximum Gasteiger partial charge on any atom is 0.327 e.